The highest BCUT2D eigenvalue weighted by molar-refractivity contribution is 7.18. The number of carbonyl (C=O) groups is 3. The van der Waals surface area contributed by atoms with E-state index in [-0.39, 0.29) is 35.1 Å². The van der Waals surface area contributed by atoms with E-state index in [2.05, 4.69) is 21.8 Å². The van der Waals surface area contributed by atoms with Gasteiger partial charge in [0, 0.05) is 25.0 Å². The molecule has 2 aliphatic carbocycles. The van der Waals surface area contributed by atoms with E-state index in [1.807, 2.05) is 29.2 Å². The van der Waals surface area contributed by atoms with Crippen molar-refractivity contribution in [3.05, 3.63) is 53.9 Å². The fourth-order valence-corrected chi connectivity index (χ4v) is 7.12. The van der Waals surface area contributed by atoms with Crippen LogP contribution in [0.3, 0.4) is 0 Å². The molecule has 1 spiro atoms. The second-order valence-electron chi connectivity index (χ2n) is 10.7. The van der Waals surface area contributed by atoms with Crippen molar-refractivity contribution in [3.63, 3.8) is 0 Å². The van der Waals surface area contributed by atoms with Crippen LogP contribution in [0, 0.1) is 11.3 Å². The second-order valence-corrected chi connectivity index (χ2v) is 11.7. The Morgan fingerprint density at radius 1 is 1.08 bits per heavy atom. The van der Waals surface area contributed by atoms with Crippen molar-refractivity contribution in [2.75, 3.05) is 23.7 Å². The number of para-hydroxylation sites is 2. The number of nitrogens with zero attached hydrogens (tertiary/aromatic N) is 3. The normalized spacial score (nSPS) is 23.4. The first-order valence-electron chi connectivity index (χ1n) is 13.1. The molecule has 0 radical (unpaired) electrons. The highest BCUT2D eigenvalue weighted by atomic mass is 32.1. The molecule has 3 heterocycles. The summed E-state index contributed by atoms with van der Waals surface area (Å²) in [5, 5.41) is 6.71. The molecule has 6 rings (SSSR count). The maximum Gasteiger partial charge on any atom is 0.268 e. The first-order valence-corrected chi connectivity index (χ1v) is 13.9. The SMILES string of the molecule is C=CC(=O)N1CCC2(CC(n3c(NC(=O)c4ccc(NC(=O)C5CCCC5)s4)nc4ccccc43)C2)C1. The first-order chi connectivity index (χ1) is 17.9. The Kier molecular flexibility index (Phi) is 6.10. The van der Waals surface area contributed by atoms with Gasteiger partial charge in [-0.1, -0.05) is 31.6 Å². The van der Waals surface area contributed by atoms with Gasteiger partial charge in [0.15, 0.2) is 0 Å². The predicted octanol–water partition coefficient (Wildman–Crippen LogP) is 5.22. The van der Waals surface area contributed by atoms with Crippen molar-refractivity contribution in [1.82, 2.24) is 14.5 Å². The lowest BCUT2D eigenvalue weighted by molar-refractivity contribution is -0.125. The summed E-state index contributed by atoms with van der Waals surface area (Å²) in [5.41, 5.74) is 1.95. The van der Waals surface area contributed by atoms with Gasteiger partial charge in [-0.3, -0.25) is 19.7 Å². The molecule has 3 fully saturated rings. The van der Waals surface area contributed by atoms with Gasteiger partial charge in [-0.05, 0) is 67.9 Å². The number of fused-ring (bicyclic) bond motifs is 1. The number of likely N-dealkylation sites (tertiary alicyclic amines) is 1. The smallest absolute Gasteiger partial charge is 0.268 e. The monoisotopic (exact) mass is 517 g/mol. The van der Waals surface area contributed by atoms with Gasteiger partial charge in [-0.25, -0.2) is 4.98 Å². The van der Waals surface area contributed by atoms with Crippen LogP contribution in [0.15, 0.2) is 49.1 Å². The Morgan fingerprint density at radius 3 is 2.65 bits per heavy atom. The minimum Gasteiger partial charge on any atom is -0.339 e. The molecule has 3 aliphatic rings. The molecule has 2 saturated carbocycles. The van der Waals surface area contributed by atoms with Crippen molar-refractivity contribution >= 4 is 51.0 Å². The molecule has 8 nitrogen and oxygen atoms in total. The molecule has 1 aromatic carbocycles. The molecule has 192 valence electrons. The molecule has 1 saturated heterocycles. The fraction of sp³-hybridized carbons (Fsp3) is 0.429. The summed E-state index contributed by atoms with van der Waals surface area (Å²) in [6.07, 6.45) is 8.33. The maximum atomic E-state index is 13.2. The standard InChI is InChI=1S/C28H31N5O3S/c1-2-24(34)32-14-13-28(17-32)15-19(16-28)33-21-10-6-5-9-20(21)29-27(33)31-26(36)22-11-12-23(37-22)30-25(35)18-7-3-4-8-18/h2,5-6,9-12,18-19H,1,3-4,7-8,13-17H2,(H,30,35)(H,29,31,36). The molecule has 37 heavy (non-hydrogen) atoms. The predicted molar refractivity (Wildman–Crippen MR) is 145 cm³/mol. The van der Waals surface area contributed by atoms with Gasteiger partial charge in [0.2, 0.25) is 17.8 Å². The zero-order valence-corrected chi connectivity index (χ0v) is 21.6. The number of thiophene rings is 1. The fourth-order valence-electron chi connectivity index (χ4n) is 6.31. The summed E-state index contributed by atoms with van der Waals surface area (Å²) in [4.78, 5) is 44.9. The topological polar surface area (TPSA) is 96.3 Å². The van der Waals surface area contributed by atoms with Gasteiger partial charge >= 0.3 is 0 Å². The van der Waals surface area contributed by atoms with E-state index in [0.29, 0.717) is 15.8 Å². The van der Waals surface area contributed by atoms with Crippen molar-refractivity contribution in [2.24, 2.45) is 11.3 Å². The van der Waals surface area contributed by atoms with Gasteiger partial charge < -0.3 is 14.8 Å². The molecule has 2 aromatic heterocycles. The van der Waals surface area contributed by atoms with E-state index in [1.165, 1.54) is 17.4 Å². The molecular weight excluding hydrogens is 486 g/mol. The van der Waals surface area contributed by atoms with Gasteiger partial charge in [-0.2, -0.15) is 0 Å². The number of hydrogen-bond donors (Lipinski definition) is 2. The molecule has 1 aliphatic heterocycles. The average molecular weight is 518 g/mol. The molecule has 2 N–H and O–H groups in total. The van der Waals surface area contributed by atoms with Crippen LogP contribution in [0.1, 0.15) is 60.7 Å². The molecule has 0 unspecified atom stereocenters. The van der Waals surface area contributed by atoms with Crippen molar-refractivity contribution < 1.29 is 14.4 Å². The van der Waals surface area contributed by atoms with E-state index >= 15 is 0 Å². The summed E-state index contributed by atoms with van der Waals surface area (Å²) in [6.45, 7) is 5.15. The van der Waals surface area contributed by atoms with Gasteiger partial charge in [0.1, 0.15) is 0 Å². The molecular formula is C28H31N5O3S. The summed E-state index contributed by atoms with van der Waals surface area (Å²) < 4.78 is 2.15. The summed E-state index contributed by atoms with van der Waals surface area (Å²) in [7, 11) is 0. The second kappa shape index (κ2) is 9.45. The first kappa shape index (κ1) is 23.9. The number of anilines is 2. The Bertz CT molecular complexity index is 1380. The Labute approximate surface area is 219 Å². The minimum atomic E-state index is -0.236. The van der Waals surface area contributed by atoms with Gasteiger partial charge in [-0.15, -0.1) is 11.3 Å². The summed E-state index contributed by atoms with van der Waals surface area (Å²) >= 11 is 1.28. The van der Waals surface area contributed by atoms with E-state index in [1.54, 1.807) is 12.1 Å². The van der Waals surface area contributed by atoms with Crippen LogP contribution in [0.4, 0.5) is 10.9 Å². The Morgan fingerprint density at radius 2 is 1.86 bits per heavy atom. The van der Waals surface area contributed by atoms with E-state index < -0.39 is 0 Å². The van der Waals surface area contributed by atoms with Crippen molar-refractivity contribution in [1.29, 1.82) is 0 Å². The molecule has 0 bridgehead atoms. The van der Waals surface area contributed by atoms with Gasteiger partial charge in [0.05, 0.1) is 20.9 Å². The molecule has 9 heteroatoms. The largest absolute Gasteiger partial charge is 0.339 e. The van der Waals surface area contributed by atoms with E-state index in [4.69, 9.17) is 4.98 Å². The zero-order valence-electron chi connectivity index (χ0n) is 20.7. The zero-order chi connectivity index (χ0) is 25.6. The third kappa shape index (κ3) is 4.45. The lowest BCUT2D eigenvalue weighted by Crippen LogP contribution is -2.42. The van der Waals surface area contributed by atoms with Crippen LogP contribution in [0.5, 0.6) is 0 Å². The Balaban J connectivity index is 1.18. The Hall–Kier alpha value is -3.46. The lowest BCUT2D eigenvalue weighted by atomic mass is 9.65. The van der Waals surface area contributed by atoms with Crippen LogP contribution >= 0.6 is 11.3 Å². The van der Waals surface area contributed by atoms with Crippen LogP contribution in [0.2, 0.25) is 0 Å². The van der Waals surface area contributed by atoms with Gasteiger partial charge in [0.25, 0.3) is 5.91 Å². The third-order valence-corrected chi connectivity index (χ3v) is 9.25. The third-order valence-electron chi connectivity index (χ3n) is 8.25. The summed E-state index contributed by atoms with van der Waals surface area (Å²) in [5.74, 6) is 0.420. The van der Waals surface area contributed by atoms with E-state index in [9.17, 15) is 14.4 Å². The molecule has 0 atom stereocenters. The number of imidazole rings is 1. The van der Waals surface area contributed by atoms with Crippen LogP contribution in [-0.2, 0) is 9.59 Å². The van der Waals surface area contributed by atoms with Crippen LogP contribution in [-0.4, -0.2) is 45.3 Å². The number of rotatable bonds is 6. The number of aromatic nitrogens is 2. The minimum absolute atomic E-state index is 0.00360. The number of benzene rings is 1. The molecule has 3 amide bonds. The molecule has 3 aromatic rings. The van der Waals surface area contributed by atoms with E-state index in [0.717, 1.165) is 69.1 Å². The highest BCUT2D eigenvalue weighted by Gasteiger charge is 2.50. The quantitative estimate of drug-likeness (QED) is 0.438. The summed E-state index contributed by atoms with van der Waals surface area (Å²) in [6, 6.07) is 11.7. The highest BCUT2D eigenvalue weighted by Crippen LogP contribution is 2.55. The maximum absolute atomic E-state index is 13.2. The van der Waals surface area contributed by atoms with Crippen LogP contribution < -0.4 is 10.6 Å². The van der Waals surface area contributed by atoms with Crippen LogP contribution in [0.25, 0.3) is 11.0 Å². The number of amides is 3. The lowest BCUT2D eigenvalue weighted by Gasteiger charge is -2.46. The number of hydrogen-bond acceptors (Lipinski definition) is 5. The average Bonchev–Trinajstić information content (AvgIpc) is 3.68. The number of nitrogens with one attached hydrogen (secondary N) is 2. The van der Waals surface area contributed by atoms with Crippen molar-refractivity contribution in [2.45, 2.75) is 51.0 Å². The van der Waals surface area contributed by atoms with Crippen molar-refractivity contribution in [3.8, 4) is 0 Å². The number of carbonyl (C=O) groups excluding carboxylic acids is 3.